The number of amides is 2. The van der Waals surface area contributed by atoms with Crippen LogP contribution in [0.15, 0.2) is 54.6 Å². The van der Waals surface area contributed by atoms with Gasteiger partial charge in [0.15, 0.2) is 6.10 Å². The van der Waals surface area contributed by atoms with Crippen LogP contribution in [0.25, 0.3) is 6.08 Å². The molecule has 0 fully saturated rings. The van der Waals surface area contributed by atoms with Gasteiger partial charge in [0, 0.05) is 12.6 Å². The second kappa shape index (κ2) is 8.54. The predicted molar refractivity (Wildman–Crippen MR) is 107 cm³/mol. The van der Waals surface area contributed by atoms with Crippen molar-refractivity contribution in [3.8, 4) is 5.75 Å². The van der Waals surface area contributed by atoms with E-state index in [0.717, 1.165) is 17.5 Å². The van der Waals surface area contributed by atoms with Gasteiger partial charge in [-0.25, -0.2) is 0 Å². The molecule has 0 saturated heterocycles. The smallest absolute Gasteiger partial charge is 0.262 e. The van der Waals surface area contributed by atoms with Crippen LogP contribution >= 0.6 is 0 Å². The molecule has 0 saturated carbocycles. The van der Waals surface area contributed by atoms with Crippen molar-refractivity contribution in [2.75, 3.05) is 18.0 Å². The molecule has 0 unspecified atom stereocenters. The van der Waals surface area contributed by atoms with Crippen LogP contribution in [0.1, 0.15) is 24.5 Å². The van der Waals surface area contributed by atoms with E-state index >= 15 is 0 Å². The molecule has 2 aromatic carbocycles. The van der Waals surface area contributed by atoms with E-state index in [-0.39, 0.29) is 18.4 Å². The third-order valence-electron chi connectivity index (χ3n) is 4.48. The number of carbonyl (C=O) groups excluding carboxylic acids is 2. The lowest BCUT2D eigenvalue weighted by molar-refractivity contribution is -0.128. The standard InChI is InChI=1S/C22H24N2O3/c1-3-14-23-22(26)20-15-24(18-10-6-7-11-19(18)27-20)21(25)13-12-17-9-5-4-8-16(17)2/h4-13,20H,3,14-15H2,1-2H3,(H,23,26)/b13-12+/t20-/m1/s1. The van der Waals surface area contributed by atoms with E-state index in [1.807, 2.05) is 62.4 Å². The molecule has 1 aliphatic heterocycles. The molecule has 1 atom stereocenters. The van der Waals surface area contributed by atoms with Gasteiger partial charge >= 0.3 is 0 Å². The second-order valence-corrected chi connectivity index (χ2v) is 6.50. The Morgan fingerprint density at radius 2 is 1.93 bits per heavy atom. The lowest BCUT2D eigenvalue weighted by Crippen LogP contribution is -2.50. The van der Waals surface area contributed by atoms with E-state index in [2.05, 4.69) is 5.32 Å². The molecule has 27 heavy (non-hydrogen) atoms. The van der Waals surface area contributed by atoms with Crippen molar-refractivity contribution >= 4 is 23.6 Å². The highest BCUT2D eigenvalue weighted by Gasteiger charge is 2.32. The highest BCUT2D eigenvalue weighted by Crippen LogP contribution is 2.33. The van der Waals surface area contributed by atoms with Crippen molar-refractivity contribution in [2.24, 2.45) is 0 Å². The molecule has 2 aromatic rings. The summed E-state index contributed by atoms with van der Waals surface area (Å²) >= 11 is 0. The summed E-state index contributed by atoms with van der Waals surface area (Å²) in [5.74, 6) is 0.160. The van der Waals surface area contributed by atoms with E-state index in [0.29, 0.717) is 18.0 Å². The summed E-state index contributed by atoms with van der Waals surface area (Å²) in [6, 6.07) is 15.2. The maximum Gasteiger partial charge on any atom is 0.262 e. The maximum absolute atomic E-state index is 12.9. The summed E-state index contributed by atoms with van der Waals surface area (Å²) in [6.07, 6.45) is 3.48. The van der Waals surface area contributed by atoms with Gasteiger partial charge in [0.25, 0.3) is 11.8 Å². The summed E-state index contributed by atoms with van der Waals surface area (Å²) < 4.78 is 5.82. The minimum Gasteiger partial charge on any atom is -0.477 e. The van der Waals surface area contributed by atoms with Crippen LogP contribution in [-0.2, 0) is 9.59 Å². The number of hydrogen-bond donors (Lipinski definition) is 1. The van der Waals surface area contributed by atoms with E-state index in [4.69, 9.17) is 4.74 Å². The number of hydrogen-bond acceptors (Lipinski definition) is 3. The van der Waals surface area contributed by atoms with Crippen molar-refractivity contribution in [3.63, 3.8) is 0 Å². The molecule has 0 aliphatic carbocycles. The van der Waals surface area contributed by atoms with E-state index in [1.165, 1.54) is 0 Å². The molecule has 1 N–H and O–H groups in total. The van der Waals surface area contributed by atoms with Crippen LogP contribution in [0.5, 0.6) is 5.75 Å². The number of ether oxygens (including phenoxy) is 1. The van der Waals surface area contributed by atoms with Crippen molar-refractivity contribution in [2.45, 2.75) is 26.4 Å². The molecule has 0 aromatic heterocycles. The molecule has 0 bridgehead atoms. The van der Waals surface area contributed by atoms with Gasteiger partial charge in [-0.3, -0.25) is 9.59 Å². The Balaban J connectivity index is 1.83. The number of rotatable bonds is 5. The van der Waals surface area contributed by atoms with Gasteiger partial charge in [-0.2, -0.15) is 0 Å². The fraction of sp³-hybridized carbons (Fsp3) is 0.273. The Morgan fingerprint density at radius 1 is 1.19 bits per heavy atom. The topological polar surface area (TPSA) is 58.6 Å². The average Bonchev–Trinajstić information content (AvgIpc) is 2.70. The third kappa shape index (κ3) is 4.37. The molecule has 5 heteroatoms. The first kappa shape index (κ1) is 18.7. The Kier molecular flexibility index (Phi) is 5.91. The van der Waals surface area contributed by atoms with Gasteiger partial charge in [-0.15, -0.1) is 0 Å². The Bertz CT molecular complexity index is 860. The summed E-state index contributed by atoms with van der Waals surface area (Å²) in [5, 5.41) is 2.84. The number of fused-ring (bicyclic) bond motifs is 1. The predicted octanol–water partition coefficient (Wildman–Crippen LogP) is 3.33. The molecule has 5 nitrogen and oxygen atoms in total. The number of anilines is 1. The van der Waals surface area contributed by atoms with Crippen LogP contribution in [0.4, 0.5) is 5.69 Å². The van der Waals surface area contributed by atoms with Crippen LogP contribution < -0.4 is 15.0 Å². The fourth-order valence-corrected chi connectivity index (χ4v) is 2.97. The SMILES string of the molecule is CCCNC(=O)[C@H]1CN(C(=O)/C=C/c2ccccc2C)c2ccccc2O1. The molecule has 2 amide bonds. The highest BCUT2D eigenvalue weighted by molar-refractivity contribution is 6.05. The van der Waals surface area contributed by atoms with Crippen LogP contribution in [-0.4, -0.2) is 31.0 Å². The van der Waals surface area contributed by atoms with Gasteiger partial charge in [0.1, 0.15) is 5.75 Å². The number of carbonyl (C=O) groups is 2. The summed E-state index contributed by atoms with van der Waals surface area (Å²) in [6.45, 7) is 4.76. The number of nitrogens with one attached hydrogen (secondary N) is 1. The highest BCUT2D eigenvalue weighted by atomic mass is 16.5. The maximum atomic E-state index is 12.9. The Hall–Kier alpha value is -3.08. The zero-order valence-corrected chi connectivity index (χ0v) is 15.6. The van der Waals surface area contributed by atoms with Crippen molar-refractivity contribution < 1.29 is 14.3 Å². The number of nitrogens with zero attached hydrogens (tertiary/aromatic N) is 1. The molecule has 0 spiro atoms. The van der Waals surface area contributed by atoms with Gasteiger partial charge < -0.3 is 15.0 Å². The van der Waals surface area contributed by atoms with Gasteiger partial charge in [-0.05, 0) is 42.7 Å². The fourth-order valence-electron chi connectivity index (χ4n) is 2.97. The van der Waals surface area contributed by atoms with Crippen molar-refractivity contribution in [3.05, 3.63) is 65.7 Å². The van der Waals surface area contributed by atoms with Crippen molar-refractivity contribution in [1.29, 1.82) is 0 Å². The van der Waals surface area contributed by atoms with Crippen LogP contribution in [0, 0.1) is 6.92 Å². The summed E-state index contributed by atoms with van der Waals surface area (Å²) in [5.41, 5.74) is 2.77. The Labute approximate surface area is 159 Å². The number of benzene rings is 2. The van der Waals surface area contributed by atoms with E-state index in [9.17, 15) is 9.59 Å². The van der Waals surface area contributed by atoms with Crippen molar-refractivity contribution in [1.82, 2.24) is 5.32 Å². The number of aryl methyl sites for hydroxylation is 1. The quantitative estimate of drug-likeness (QED) is 0.828. The average molecular weight is 364 g/mol. The molecule has 1 heterocycles. The first-order valence-electron chi connectivity index (χ1n) is 9.18. The molecule has 1 aliphatic rings. The monoisotopic (exact) mass is 364 g/mol. The molecule has 0 radical (unpaired) electrons. The third-order valence-corrected chi connectivity index (χ3v) is 4.48. The van der Waals surface area contributed by atoms with Crippen LogP contribution in [0.3, 0.4) is 0 Å². The van der Waals surface area contributed by atoms with E-state index in [1.54, 1.807) is 17.0 Å². The molecular formula is C22H24N2O3. The molecule has 140 valence electrons. The minimum absolute atomic E-state index is 0.178. The Morgan fingerprint density at radius 3 is 2.70 bits per heavy atom. The molecular weight excluding hydrogens is 340 g/mol. The largest absolute Gasteiger partial charge is 0.477 e. The van der Waals surface area contributed by atoms with E-state index < -0.39 is 6.10 Å². The summed E-state index contributed by atoms with van der Waals surface area (Å²) in [4.78, 5) is 26.8. The zero-order chi connectivity index (χ0) is 19.2. The first-order valence-corrected chi connectivity index (χ1v) is 9.18. The first-order chi connectivity index (χ1) is 13.1. The summed E-state index contributed by atoms with van der Waals surface area (Å²) in [7, 11) is 0. The number of para-hydroxylation sites is 2. The van der Waals surface area contributed by atoms with Crippen LogP contribution in [0.2, 0.25) is 0 Å². The normalized spacial score (nSPS) is 15.9. The van der Waals surface area contributed by atoms with Gasteiger partial charge in [-0.1, -0.05) is 43.3 Å². The molecule has 3 rings (SSSR count). The van der Waals surface area contributed by atoms with Gasteiger partial charge in [0.05, 0.1) is 12.2 Å². The lowest BCUT2D eigenvalue weighted by atomic mass is 10.1. The lowest BCUT2D eigenvalue weighted by Gasteiger charge is -2.33. The van der Waals surface area contributed by atoms with Gasteiger partial charge in [0.2, 0.25) is 0 Å². The second-order valence-electron chi connectivity index (χ2n) is 6.50. The zero-order valence-electron chi connectivity index (χ0n) is 15.6. The minimum atomic E-state index is -0.720.